The second kappa shape index (κ2) is 61.7. The number of unbranched alkanes of at least 4 members (excludes halogenated alkanes) is 24. The van der Waals surface area contributed by atoms with Crippen LogP contribution in [0, 0.1) is 0 Å². The van der Waals surface area contributed by atoms with Gasteiger partial charge < -0.3 is 29.7 Å². The topological polar surface area (TPSA) is 120 Å². The Bertz CT molecular complexity index is 940. The van der Waals surface area contributed by atoms with Crippen molar-refractivity contribution in [3.8, 4) is 0 Å². The first-order valence-corrected chi connectivity index (χ1v) is 24.8. The van der Waals surface area contributed by atoms with E-state index in [1.54, 1.807) is 0 Å². The molecule has 0 aromatic heterocycles. The van der Waals surface area contributed by atoms with Crippen LogP contribution in [0.1, 0.15) is 252 Å². The molecular weight excluding hydrogens is 797 g/mol. The number of hydrogen-bond donors (Lipinski definition) is 0. The molecule has 0 atom stereocenters. The van der Waals surface area contributed by atoms with E-state index in [-0.39, 0.29) is 36.6 Å². The first-order chi connectivity index (χ1) is 29.3. The molecule has 0 aromatic carbocycles. The van der Waals surface area contributed by atoms with Crippen molar-refractivity contribution in [2.24, 2.45) is 0 Å². The molecule has 0 unspecified atom stereocenters. The minimum Gasteiger partial charge on any atom is -0.550 e. The van der Waals surface area contributed by atoms with E-state index in [9.17, 15) is 29.7 Å². The van der Waals surface area contributed by atoms with Crippen LogP contribution in [0.25, 0.3) is 0 Å². The molecule has 0 aromatic rings. The van der Waals surface area contributed by atoms with Gasteiger partial charge in [0.2, 0.25) is 0 Å². The molecule has 0 N–H and O–H groups in total. The van der Waals surface area contributed by atoms with Crippen molar-refractivity contribution in [3.63, 3.8) is 0 Å². The molecule has 0 saturated carbocycles. The molecule has 61 heavy (non-hydrogen) atoms. The molecule has 0 aliphatic heterocycles. The molecular formula is C54H93CrO6. The summed E-state index contributed by atoms with van der Waals surface area (Å²) < 4.78 is 0. The number of allylic oxidation sites excluding steroid dienone is 12. The summed E-state index contributed by atoms with van der Waals surface area (Å²) in [6.45, 7) is 6.70. The molecule has 0 aliphatic carbocycles. The Morgan fingerprint density at radius 3 is 0.656 bits per heavy atom. The average Bonchev–Trinajstić information content (AvgIpc) is 3.22. The predicted molar refractivity (Wildman–Crippen MR) is 253 cm³/mol. The molecule has 0 bridgehead atoms. The third kappa shape index (κ3) is 75.2. The predicted octanol–water partition coefficient (Wildman–Crippen LogP) is 13.6. The average molecular weight is 890 g/mol. The van der Waals surface area contributed by atoms with Crippen molar-refractivity contribution in [1.29, 1.82) is 0 Å². The number of rotatable bonds is 42. The molecule has 0 heterocycles. The van der Waals surface area contributed by atoms with Crippen molar-refractivity contribution in [1.82, 2.24) is 0 Å². The van der Waals surface area contributed by atoms with Crippen molar-refractivity contribution >= 4 is 17.9 Å². The fourth-order valence-corrected chi connectivity index (χ4v) is 6.24. The van der Waals surface area contributed by atoms with E-state index in [2.05, 4.69) is 93.7 Å². The summed E-state index contributed by atoms with van der Waals surface area (Å²) in [4.78, 5) is 30.6. The van der Waals surface area contributed by atoms with E-state index >= 15 is 0 Å². The smallest absolute Gasteiger partial charge is 0.550 e. The van der Waals surface area contributed by atoms with Gasteiger partial charge in [0, 0.05) is 17.9 Å². The summed E-state index contributed by atoms with van der Waals surface area (Å²) in [5.74, 6) is -2.76. The Morgan fingerprint density at radius 1 is 0.279 bits per heavy atom. The third-order valence-electron chi connectivity index (χ3n) is 9.99. The Hall–Kier alpha value is -2.62. The summed E-state index contributed by atoms with van der Waals surface area (Å²) >= 11 is 0. The zero-order chi connectivity index (χ0) is 44.7. The minimum atomic E-state index is -0.921. The van der Waals surface area contributed by atoms with E-state index in [4.69, 9.17) is 0 Å². The standard InChI is InChI=1S/3C18H32O2.Cr/c3*1-2-3-4-5-6-7-8-9-10-11-12-13-14-15-16-17-18(19)20;/h3*6-7,9-10H,2-5,8,11-17H2,1H3,(H,19,20);/q;;;+3/p-3/b3*7-6-,10-9-;. The van der Waals surface area contributed by atoms with E-state index in [1.165, 1.54) is 116 Å². The number of carboxylic acids is 3. The Balaban J connectivity index is -0.000000396. The van der Waals surface area contributed by atoms with Crippen molar-refractivity contribution in [3.05, 3.63) is 72.9 Å². The van der Waals surface area contributed by atoms with Crippen molar-refractivity contribution in [2.45, 2.75) is 252 Å². The maximum atomic E-state index is 10.2. The molecule has 0 rings (SSSR count). The number of hydrogen-bond acceptors (Lipinski definition) is 6. The van der Waals surface area contributed by atoms with Gasteiger partial charge in [-0.1, -0.05) is 190 Å². The van der Waals surface area contributed by atoms with Crippen molar-refractivity contribution in [2.75, 3.05) is 0 Å². The monoisotopic (exact) mass is 890 g/mol. The fourth-order valence-electron chi connectivity index (χ4n) is 6.24. The van der Waals surface area contributed by atoms with Crippen LogP contribution in [0.2, 0.25) is 0 Å². The van der Waals surface area contributed by atoms with Gasteiger partial charge in [-0.25, -0.2) is 0 Å². The first kappa shape index (κ1) is 65.0. The van der Waals surface area contributed by atoms with Gasteiger partial charge in [0.1, 0.15) is 0 Å². The Kier molecular flexibility index (Phi) is 65.7. The van der Waals surface area contributed by atoms with Gasteiger partial charge in [0.15, 0.2) is 0 Å². The number of carbonyl (C=O) groups excluding carboxylic acids is 3. The SMILES string of the molecule is CCCCC/C=C\C/C=C\CCCCCCCC(=O)[O-].CCCCC/C=C\C/C=C\CCCCCCCC(=O)[O-].CCCCC/C=C\C/C=C\CCCCCCCC(=O)[O-].[Cr+3]. The molecule has 1 radical (unpaired) electrons. The van der Waals surface area contributed by atoms with E-state index in [0.717, 1.165) is 96.3 Å². The summed E-state index contributed by atoms with van der Waals surface area (Å²) in [5.41, 5.74) is 0. The van der Waals surface area contributed by atoms with E-state index in [1.807, 2.05) is 0 Å². The normalized spacial score (nSPS) is 11.5. The number of aliphatic carboxylic acids is 3. The van der Waals surface area contributed by atoms with E-state index < -0.39 is 17.9 Å². The van der Waals surface area contributed by atoms with Gasteiger partial charge in [-0.2, -0.15) is 0 Å². The molecule has 7 heteroatoms. The molecule has 351 valence electrons. The fraction of sp³-hybridized carbons (Fsp3) is 0.722. The Morgan fingerprint density at radius 2 is 0.459 bits per heavy atom. The second-order valence-electron chi connectivity index (χ2n) is 16.1. The van der Waals surface area contributed by atoms with Crippen LogP contribution in [-0.4, -0.2) is 17.9 Å². The molecule has 0 aliphatic rings. The van der Waals surface area contributed by atoms with Crippen LogP contribution in [0.5, 0.6) is 0 Å². The van der Waals surface area contributed by atoms with E-state index in [0.29, 0.717) is 0 Å². The molecule has 0 amide bonds. The van der Waals surface area contributed by atoms with Crippen molar-refractivity contribution < 1.29 is 47.1 Å². The summed E-state index contributed by atoms with van der Waals surface area (Å²) in [6.07, 6.45) is 65.8. The third-order valence-corrected chi connectivity index (χ3v) is 9.99. The summed E-state index contributed by atoms with van der Waals surface area (Å²) in [5, 5.41) is 30.6. The van der Waals surface area contributed by atoms with Crippen LogP contribution in [0.3, 0.4) is 0 Å². The van der Waals surface area contributed by atoms with Gasteiger partial charge in [0.25, 0.3) is 0 Å². The van der Waals surface area contributed by atoms with Crippen LogP contribution >= 0.6 is 0 Å². The Labute approximate surface area is 388 Å². The second-order valence-corrected chi connectivity index (χ2v) is 16.1. The summed E-state index contributed by atoms with van der Waals surface area (Å²) in [6, 6.07) is 0. The van der Waals surface area contributed by atoms with Crippen LogP contribution in [0.15, 0.2) is 72.9 Å². The minimum absolute atomic E-state index is 0. The molecule has 0 fully saturated rings. The largest absolute Gasteiger partial charge is 3.00 e. The number of carboxylic acid groups (broad SMARTS) is 3. The maximum Gasteiger partial charge on any atom is 3.00 e. The maximum absolute atomic E-state index is 10.2. The van der Waals surface area contributed by atoms with Gasteiger partial charge in [-0.05, 0) is 135 Å². The first-order valence-electron chi connectivity index (χ1n) is 24.8. The van der Waals surface area contributed by atoms with Gasteiger partial charge in [-0.3, -0.25) is 0 Å². The quantitative estimate of drug-likeness (QED) is 0.0444. The summed E-state index contributed by atoms with van der Waals surface area (Å²) in [7, 11) is 0. The molecule has 6 nitrogen and oxygen atoms in total. The number of carbonyl (C=O) groups is 3. The van der Waals surface area contributed by atoms with Gasteiger partial charge in [-0.15, -0.1) is 0 Å². The zero-order valence-electron chi connectivity index (χ0n) is 39.7. The molecule has 0 spiro atoms. The van der Waals surface area contributed by atoms with Crippen LogP contribution < -0.4 is 15.3 Å². The zero-order valence-corrected chi connectivity index (χ0v) is 41.0. The van der Waals surface area contributed by atoms with Crippen LogP contribution in [0.4, 0.5) is 0 Å². The van der Waals surface area contributed by atoms with Gasteiger partial charge in [0.05, 0.1) is 0 Å². The van der Waals surface area contributed by atoms with Gasteiger partial charge >= 0.3 is 17.4 Å². The van der Waals surface area contributed by atoms with Crippen LogP contribution in [-0.2, 0) is 31.7 Å². The molecule has 0 saturated heterocycles.